The Morgan fingerprint density at radius 2 is 1.81 bits per heavy atom. The van der Waals surface area contributed by atoms with Gasteiger partial charge in [0.2, 0.25) is 0 Å². The first-order valence-electron chi connectivity index (χ1n) is 7.75. The first-order chi connectivity index (χ1) is 9.94. The highest BCUT2D eigenvalue weighted by atomic mass is 16.5. The number of Topliss-reactive ketones (excluding diaryl/α,β-unsaturated/α-hetero) is 1. The molecule has 2 rings (SSSR count). The molecule has 0 N–H and O–H groups in total. The van der Waals surface area contributed by atoms with E-state index in [4.69, 9.17) is 4.74 Å². The lowest BCUT2D eigenvalue weighted by Crippen LogP contribution is -2.23. The van der Waals surface area contributed by atoms with Gasteiger partial charge in [-0.1, -0.05) is 38.1 Å². The van der Waals surface area contributed by atoms with Gasteiger partial charge in [-0.05, 0) is 49.5 Å². The maximum absolute atomic E-state index is 12.3. The summed E-state index contributed by atoms with van der Waals surface area (Å²) in [6.07, 6.45) is 4.44. The molecule has 114 valence electrons. The highest BCUT2D eigenvalue weighted by molar-refractivity contribution is 6.41. The van der Waals surface area contributed by atoms with Gasteiger partial charge in [-0.3, -0.25) is 4.79 Å². The van der Waals surface area contributed by atoms with Crippen LogP contribution in [0.25, 0.3) is 0 Å². The van der Waals surface area contributed by atoms with Crippen molar-refractivity contribution in [1.82, 2.24) is 0 Å². The Bertz CT molecular complexity index is 521. The largest absolute Gasteiger partial charge is 0.460 e. The molecule has 0 radical (unpaired) electrons. The quantitative estimate of drug-likeness (QED) is 0.475. The highest BCUT2D eigenvalue weighted by Gasteiger charge is 2.30. The minimum absolute atomic E-state index is 0.227. The summed E-state index contributed by atoms with van der Waals surface area (Å²) >= 11 is 0. The van der Waals surface area contributed by atoms with E-state index in [-0.39, 0.29) is 6.61 Å². The van der Waals surface area contributed by atoms with Crippen LogP contribution in [0.15, 0.2) is 24.3 Å². The van der Waals surface area contributed by atoms with Crippen LogP contribution in [0.3, 0.4) is 0 Å². The minimum Gasteiger partial charge on any atom is -0.460 e. The Morgan fingerprint density at radius 1 is 1.19 bits per heavy atom. The van der Waals surface area contributed by atoms with Crippen molar-refractivity contribution >= 4 is 11.8 Å². The van der Waals surface area contributed by atoms with Crippen molar-refractivity contribution in [2.45, 2.75) is 52.4 Å². The van der Waals surface area contributed by atoms with Crippen LogP contribution >= 0.6 is 0 Å². The van der Waals surface area contributed by atoms with Crippen LogP contribution in [-0.2, 0) is 9.53 Å². The number of hydrogen-bond acceptors (Lipinski definition) is 3. The first-order valence-corrected chi connectivity index (χ1v) is 7.75. The zero-order chi connectivity index (χ0) is 15.5. The molecule has 0 atom stereocenters. The average molecular weight is 288 g/mol. The van der Waals surface area contributed by atoms with Gasteiger partial charge in [0.05, 0.1) is 6.61 Å². The highest BCUT2D eigenvalue weighted by Crippen LogP contribution is 2.43. The molecule has 1 aliphatic rings. The number of esters is 1. The summed E-state index contributed by atoms with van der Waals surface area (Å²) in [5, 5.41) is 0. The van der Waals surface area contributed by atoms with Crippen LogP contribution in [0.2, 0.25) is 0 Å². The number of rotatable bonds is 4. The topological polar surface area (TPSA) is 43.4 Å². The smallest absolute Gasteiger partial charge is 0.379 e. The molecule has 21 heavy (non-hydrogen) atoms. The van der Waals surface area contributed by atoms with Crippen molar-refractivity contribution in [1.29, 1.82) is 0 Å². The van der Waals surface area contributed by atoms with E-state index in [2.05, 4.69) is 13.8 Å². The van der Waals surface area contributed by atoms with Crippen LogP contribution in [0.1, 0.15) is 68.3 Å². The van der Waals surface area contributed by atoms with Crippen LogP contribution < -0.4 is 0 Å². The van der Waals surface area contributed by atoms with Crippen molar-refractivity contribution in [3.8, 4) is 0 Å². The summed E-state index contributed by atoms with van der Waals surface area (Å²) in [5.41, 5.74) is 1.91. The zero-order valence-electron chi connectivity index (χ0n) is 13.1. The van der Waals surface area contributed by atoms with Crippen molar-refractivity contribution in [2.75, 3.05) is 6.61 Å². The third-order valence-electron chi connectivity index (χ3n) is 4.45. The molecule has 0 saturated heterocycles. The predicted octanol–water partition coefficient (Wildman–Crippen LogP) is 4.12. The standard InChI is InChI=1S/C18H24O3/c1-4-21-17(20)16(19)15-8-6-5-7-14(15)13-9-11-18(2,3)12-10-13/h5-8,13H,4,9-12H2,1-3H3. The average Bonchev–Trinajstić information content (AvgIpc) is 2.47. The molecule has 3 nitrogen and oxygen atoms in total. The summed E-state index contributed by atoms with van der Waals surface area (Å²) < 4.78 is 4.85. The lowest BCUT2D eigenvalue weighted by molar-refractivity contribution is -0.137. The predicted molar refractivity (Wildman–Crippen MR) is 82.4 cm³/mol. The molecule has 1 aromatic carbocycles. The minimum atomic E-state index is -0.749. The molecule has 1 aliphatic carbocycles. The summed E-state index contributed by atoms with van der Waals surface area (Å²) in [7, 11) is 0. The molecule has 0 spiro atoms. The fourth-order valence-corrected chi connectivity index (χ4v) is 3.08. The van der Waals surface area contributed by atoms with E-state index in [9.17, 15) is 9.59 Å². The molecular weight excluding hydrogens is 264 g/mol. The van der Waals surface area contributed by atoms with Gasteiger partial charge in [-0.2, -0.15) is 0 Å². The number of ether oxygens (including phenoxy) is 1. The number of ketones is 1. The van der Waals surface area contributed by atoms with Crippen molar-refractivity contribution in [2.24, 2.45) is 5.41 Å². The molecule has 0 aliphatic heterocycles. The van der Waals surface area contributed by atoms with Gasteiger partial charge in [-0.15, -0.1) is 0 Å². The number of carbonyl (C=O) groups excluding carboxylic acids is 2. The van der Waals surface area contributed by atoms with Crippen LogP contribution in [0, 0.1) is 5.41 Å². The van der Waals surface area contributed by atoms with Crippen molar-refractivity contribution < 1.29 is 14.3 Å². The number of benzene rings is 1. The lowest BCUT2D eigenvalue weighted by Gasteiger charge is -2.35. The molecule has 1 saturated carbocycles. The second-order valence-corrected chi connectivity index (χ2v) is 6.58. The third-order valence-corrected chi connectivity index (χ3v) is 4.45. The van der Waals surface area contributed by atoms with Gasteiger partial charge in [-0.25, -0.2) is 4.79 Å². The van der Waals surface area contributed by atoms with E-state index in [1.54, 1.807) is 13.0 Å². The molecule has 0 bridgehead atoms. The van der Waals surface area contributed by atoms with Crippen LogP contribution in [0.4, 0.5) is 0 Å². The van der Waals surface area contributed by atoms with Gasteiger partial charge < -0.3 is 4.74 Å². The molecule has 1 fully saturated rings. The fourth-order valence-electron chi connectivity index (χ4n) is 3.08. The van der Waals surface area contributed by atoms with Gasteiger partial charge in [0.15, 0.2) is 0 Å². The van der Waals surface area contributed by atoms with Crippen LogP contribution in [0.5, 0.6) is 0 Å². The van der Waals surface area contributed by atoms with Gasteiger partial charge >= 0.3 is 5.97 Å². The van der Waals surface area contributed by atoms with Crippen molar-refractivity contribution in [3.05, 3.63) is 35.4 Å². The summed E-state index contributed by atoms with van der Waals surface area (Å²) in [6, 6.07) is 7.48. The second-order valence-electron chi connectivity index (χ2n) is 6.58. The van der Waals surface area contributed by atoms with Gasteiger partial charge in [0, 0.05) is 5.56 Å². The SMILES string of the molecule is CCOC(=O)C(=O)c1ccccc1C1CCC(C)(C)CC1. The molecule has 1 aromatic rings. The van der Waals surface area contributed by atoms with E-state index >= 15 is 0 Å². The van der Waals surface area contributed by atoms with E-state index in [1.807, 2.05) is 18.2 Å². The van der Waals surface area contributed by atoms with E-state index in [0.29, 0.717) is 16.9 Å². The maximum Gasteiger partial charge on any atom is 0.379 e. The maximum atomic E-state index is 12.3. The second kappa shape index (κ2) is 6.42. The molecule has 0 amide bonds. The lowest BCUT2D eigenvalue weighted by atomic mass is 9.70. The third kappa shape index (κ3) is 3.72. The Kier molecular flexibility index (Phi) is 4.81. The van der Waals surface area contributed by atoms with Crippen LogP contribution in [-0.4, -0.2) is 18.4 Å². The molecule has 3 heteroatoms. The molecule has 0 unspecified atom stereocenters. The molecular formula is C18H24O3. The monoisotopic (exact) mass is 288 g/mol. The van der Waals surface area contributed by atoms with E-state index in [0.717, 1.165) is 31.2 Å². The zero-order valence-corrected chi connectivity index (χ0v) is 13.1. The number of carbonyl (C=O) groups is 2. The number of hydrogen-bond donors (Lipinski definition) is 0. The Morgan fingerprint density at radius 3 is 2.43 bits per heavy atom. The molecule has 0 heterocycles. The van der Waals surface area contributed by atoms with Gasteiger partial charge in [0.25, 0.3) is 5.78 Å². The van der Waals surface area contributed by atoms with Gasteiger partial charge in [0.1, 0.15) is 0 Å². The van der Waals surface area contributed by atoms with E-state index < -0.39 is 11.8 Å². The van der Waals surface area contributed by atoms with E-state index in [1.165, 1.54) is 0 Å². The normalized spacial score (nSPS) is 18.2. The Labute approximate surface area is 126 Å². The van der Waals surface area contributed by atoms with Crippen molar-refractivity contribution in [3.63, 3.8) is 0 Å². The Balaban J connectivity index is 2.21. The molecule has 0 aromatic heterocycles. The Hall–Kier alpha value is -1.64. The summed E-state index contributed by atoms with van der Waals surface area (Å²) in [6.45, 7) is 6.52. The summed E-state index contributed by atoms with van der Waals surface area (Å²) in [5.74, 6) is -0.897. The first kappa shape index (κ1) is 15.7. The summed E-state index contributed by atoms with van der Waals surface area (Å²) in [4.78, 5) is 24.0. The fraction of sp³-hybridized carbons (Fsp3) is 0.556.